The first-order valence-corrected chi connectivity index (χ1v) is 6.36. The van der Waals surface area contributed by atoms with Crippen molar-refractivity contribution in [3.8, 4) is 0 Å². The first-order chi connectivity index (χ1) is 9.65. The van der Waals surface area contributed by atoms with Gasteiger partial charge >= 0.3 is 6.03 Å². The quantitative estimate of drug-likeness (QED) is 0.900. The summed E-state index contributed by atoms with van der Waals surface area (Å²) >= 11 is 0. The Bertz CT molecular complexity index is 584. The van der Waals surface area contributed by atoms with Crippen molar-refractivity contribution in [3.05, 3.63) is 59.5 Å². The first-order valence-electron chi connectivity index (χ1n) is 6.36. The largest absolute Gasteiger partial charge is 0.337 e. The summed E-state index contributed by atoms with van der Waals surface area (Å²) in [7, 11) is 0. The number of rotatable bonds is 4. The van der Waals surface area contributed by atoms with Crippen molar-refractivity contribution in [2.45, 2.75) is 13.3 Å². The highest BCUT2D eigenvalue weighted by Crippen LogP contribution is 2.06. The Morgan fingerprint density at radius 3 is 2.75 bits per heavy atom. The molecule has 0 saturated carbocycles. The summed E-state index contributed by atoms with van der Waals surface area (Å²) in [6.45, 7) is 2.28. The number of halogens is 1. The lowest BCUT2D eigenvalue weighted by Gasteiger charge is -2.07. The third-order valence-electron chi connectivity index (χ3n) is 2.79. The molecule has 1 heterocycles. The maximum absolute atomic E-state index is 13.4. The van der Waals surface area contributed by atoms with Crippen LogP contribution in [0.3, 0.4) is 0 Å². The summed E-state index contributed by atoms with van der Waals surface area (Å²) < 4.78 is 13.4. The molecule has 0 atom stereocenters. The molecule has 2 N–H and O–H groups in total. The second-order valence-electron chi connectivity index (χ2n) is 4.44. The average Bonchev–Trinajstić information content (AvgIpc) is 2.43. The molecule has 0 fully saturated rings. The molecule has 0 radical (unpaired) electrons. The van der Waals surface area contributed by atoms with Gasteiger partial charge in [-0.3, -0.25) is 5.32 Å². The Kier molecular flexibility index (Phi) is 4.65. The Morgan fingerprint density at radius 2 is 2.05 bits per heavy atom. The number of aryl methyl sites for hydroxylation is 1. The molecule has 2 aromatic rings. The number of pyridine rings is 1. The molecule has 2 rings (SSSR count). The van der Waals surface area contributed by atoms with Gasteiger partial charge in [0.2, 0.25) is 0 Å². The van der Waals surface area contributed by atoms with Crippen LogP contribution in [0.2, 0.25) is 0 Å². The molecule has 0 spiro atoms. The van der Waals surface area contributed by atoms with E-state index in [0.29, 0.717) is 24.3 Å². The van der Waals surface area contributed by atoms with E-state index in [4.69, 9.17) is 0 Å². The number of hydrogen-bond donors (Lipinski definition) is 2. The lowest BCUT2D eigenvalue weighted by atomic mass is 10.1. The molecule has 0 aliphatic rings. The van der Waals surface area contributed by atoms with Crippen molar-refractivity contribution >= 4 is 11.8 Å². The van der Waals surface area contributed by atoms with Crippen LogP contribution in [-0.4, -0.2) is 17.6 Å². The van der Waals surface area contributed by atoms with Crippen LogP contribution in [0.5, 0.6) is 0 Å². The fraction of sp³-hybridized carbons (Fsp3) is 0.200. The van der Waals surface area contributed by atoms with Gasteiger partial charge in [0.25, 0.3) is 0 Å². The van der Waals surface area contributed by atoms with Crippen molar-refractivity contribution < 1.29 is 9.18 Å². The molecule has 0 aliphatic heterocycles. The topological polar surface area (TPSA) is 54.0 Å². The van der Waals surface area contributed by atoms with Gasteiger partial charge in [-0.25, -0.2) is 14.2 Å². The minimum atomic E-state index is -0.349. The van der Waals surface area contributed by atoms with Gasteiger partial charge in [-0.15, -0.1) is 0 Å². The van der Waals surface area contributed by atoms with E-state index in [-0.39, 0.29) is 11.8 Å². The third-order valence-corrected chi connectivity index (χ3v) is 2.79. The number of nitrogens with zero attached hydrogens (tertiary/aromatic N) is 1. The Morgan fingerprint density at radius 1 is 1.25 bits per heavy atom. The maximum Gasteiger partial charge on any atom is 0.320 e. The van der Waals surface area contributed by atoms with Crippen LogP contribution in [0.4, 0.5) is 15.0 Å². The predicted octanol–water partition coefficient (Wildman–Crippen LogP) is 2.89. The van der Waals surface area contributed by atoms with Crippen LogP contribution in [0.1, 0.15) is 11.1 Å². The molecular formula is C15H16FN3O. The number of urea groups is 1. The second-order valence-corrected chi connectivity index (χ2v) is 4.44. The number of nitrogens with one attached hydrogen (secondary N) is 2. The molecule has 0 unspecified atom stereocenters. The zero-order chi connectivity index (χ0) is 14.4. The van der Waals surface area contributed by atoms with Gasteiger partial charge in [0, 0.05) is 12.7 Å². The van der Waals surface area contributed by atoms with Gasteiger partial charge in [0.1, 0.15) is 11.6 Å². The molecular weight excluding hydrogens is 257 g/mol. The van der Waals surface area contributed by atoms with E-state index < -0.39 is 0 Å². The van der Waals surface area contributed by atoms with Crippen molar-refractivity contribution in [2.24, 2.45) is 0 Å². The van der Waals surface area contributed by atoms with Crippen LogP contribution in [0.25, 0.3) is 0 Å². The molecule has 20 heavy (non-hydrogen) atoms. The van der Waals surface area contributed by atoms with Crippen LogP contribution in [-0.2, 0) is 6.42 Å². The van der Waals surface area contributed by atoms with Crippen LogP contribution < -0.4 is 10.6 Å². The average molecular weight is 273 g/mol. The lowest BCUT2D eigenvalue weighted by Crippen LogP contribution is -2.30. The summed E-state index contributed by atoms with van der Waals surface area (Å²) in [5.74, 6) is 0.230. The van der Waals surface area contributed by atoms with Gasteiger partial charge < -0.3 is 5.32 Å². The normalized spacial score (nSPS) is 10.1. The number of hydrogen-bond acceptors (Lipinski definition) is 2. The van der Waals surface area contributed by atoms with E-state index in [9.17, 15) is 9.18 Å². The van der Waals surface area contributed by atoms with Crippen molar-refractivity contribution in [3.63, 3.8) is 0 Å². The number of carbonyl (C=O) groups is 1. The SMILES string of the molecule is Cc1ccc(NC(=O)NCCc2ccccc2F)nc1. The fourth-order valence-electron chi connectivity index (χ4n) is 1.71. The first kappa shape index (κ1) is 14.0. The van der Waals surface area contributed by atoms with Crippen LogP contribution in [0, 0.1) is 12.7 Å². The Balaban J connectivity index is 1.78. The van der Waals surface area contributed by atoms with Gasteiger partial charge in [0.15, 0.2) is 0 Å². The molecule has 4 nitrogen and oxygen atoms in total. The zero-order valence-corrected chi connectivity index (χ0v) is 11.2. The zero-order valence-electron chi connectivity index (χ0n) is 11.2. The predicted molar refractivity (Wildman–Crippen MR) is 76.1 cm³/mol. The van der Waals surface area contributed by atoms with E-state index in [2.05, 4.69) is 15.6 Å². The Hall–Kier alpha value is -2.43. The highest BCUT2D eigenvalue weighted by molar-refractivity contribution is 5.88. The molecule has 0 saturated heterocycles. The highest BCUT2D eigenvalue weighted by atomic mass is 19.1. The Labute approximate surface area is 117 Å². The number of aromatic nitrogens is 1. The van der Waals surface area contributed by atoms with Crippen molar-refractivity contribution in [1.82, 2.24) is 10.3 Å². The molecule has 1 aromatic heterocycles. The van der Waals surface area contributed by atoms with E-state index in [1.54, 1.807) is 30.5 Å². The molecule has 0 bridgehead atoms. The third kappa shape index (κ3) is 4.05. The molecule has 104 valence electrons. The van der Waals surface area contributed by atoms with Gasteiger partial charge in [0.05, 0.1) is 0 Å². The van der Waals surface area contributed by atoms with Crippen molar-refractivity contribution in [2.75, 3.05) is 11.9 Å². The summed E-state index contributed by atoms with van der Waals surface area (Å²) in [4.78, 5) is 15.7. The standard InChI is InChI=1S/C15H16FN3O/c1-11-6-7-14(18-10-11)19-15(20)17-9-8-12-4-2-3-5-13(12)16/h2-7,10H,8-9H2,1H3,(H2,17,18,19,20). The monoisotopic (exact) mass is 273 g/mol. The van der Waals surface area contributed by atoms with Gasteiger partial charge in [-0.2, -0.15) is 0 Å². The number of amides is 2. The fourth-order valence-corrected chi connectivity index (χ4v) is 1.71. The molecule has 1 aromatic carbocycles. The second kappa shape index (κ2) is 6.65. The van der Waals surface area contributed by atoms with E-state index in [1.165, 1.54) is 6.07 Å². The van der Waals surface area contributed by atoms with E-state index in [0.717, 1.165) is 5.56 Å². The summed E-state index contributed by atoms with van der Waals surface area (Å²) in [5.41, 5.74) is 1.61. The summed E-state index contributed by atoms with van der Waals surface area (Å²) in [5, 5.41) is 5.28. The minimum absolute atomic E-state index is 0.255. The molecule has 0 aliphatic carbocycles. The van der Waals surface area contributed by atoms with Gasteiger partial charge in [-0.1, -0.05) is 24.3 Å². The van der Waals surface area contributed by atoms with Crippen molar-refractivity contribution in [1.29, 1.82) is 0 Å². The van der Waals surface area contributed by atoms with Gasteiger partial charge in [-0.05, 0) is 36.6 Å². The number of carbonyl (C=O) groups excluding carboxylic acids is 1. The summed E-state index contributed by atoms with van der Waals surface area (Å²) in [6.07, 6.45) is 2.12. The minimum Gasteiger partial charge on any atom is -0.337 e. The molecule has 2 amide bonds. The van der Waals surface area contributed by atoms with Crippen LogP contribution in [0.15, 0.2) is 42.6 Å². The lowest BCUT2D eigenvalue weighted by molar-refractivity contribution is 0.252. The molecule has 5 heteroatoms. The number of benzene rings is 1. The smallest absolute Gasteiger partial charge is 0.320 e. The highest BCUT2D eigenvalue weighted by Gasteiger charge is 2.04. The number of anilines is 1. The maximum atomic E-state index is 13.4. The van der Waals surface area contributed by atoms with E-state index in [1.807, 2.05) is 13.0 Å². The van der Waals surface area contributed by atoms with E-state index >= 15 is 0 Å². The van der Waals surface area contributed by atoms with Crippen LogP contribution >= 0.6 is 0 Å². The summed E-state index contributed by atoms with van der Waals surface area (Å²) in [6, 6.07) is 9.77.